The first-order valence-electron chi connectivity index (χ1n) is 7.09. The normalized spacial score (nSPS) is 10.6. The molecule has 0 saturated heterocycles. The second-order valence-electron chi connectivity index (χ2n) is 5.30. The van der Waals surface area contributed by atoms with Crippen LogP contribution in [-0.4, -0.2) is 6.54 Å². The van der Waals surface area contributed by atoms with Crippen molar-refractivity contribution in [1.29, 1.82) is 0 Å². The smallest absolute Gasteiger partial charge is 0.125 e. The van der Waals surface area contributed by atoms with Crippen molar-refractivity contribution < 1.29 is 4.74 Å². The van der Waals surface area contributed by atoms with Gasteiger partial charge in [0.25, 0.3) is 0 Å². The highest BCUT2D eigenvalue weighted by atomic mass is 16.5. The van der Waals surface area contributed by atoms with E-state index in [1.807, 2.05) is 0 Å². The Kier molecular flexibility index (Phi) is 4.80. The van der Waals surface area contributed by atoms with Crippen molar-refractivity contribution in [2.45, 2.75) is 33.8 Å². The molecule has 106 valence electrons. The Hall–Kier alpha value is -1.80. The Bertz CT molecular complexity index is 573. The van der Waals surface area contributed by atoms with Crippen molar-refractivity contribution in [3.63, 3.8) is 0 Å². The van der Waals surface area contributed by atoms with E-state index < -0.39 is 0 Å². The third kappa shape index (κ3) is 3.40. The second kappa shape index (κ2) is 6.58. The number of rotatable bonds is 5. The summed E-state index contributed by atoms with van der Waals surface area (Å²) in [5.41, 5.74) is 11.7. The van der Waals surface area contributed by atoms with E-state index in [4.69, 9.17) is 10.5 Å². The summed E-state index contributed by atoms with van der Waals surface area (Å²) in [5.74, 6) is 1.01. The number of nitrogens with two attached hydrogens (primary N) is 1. The van der Waals surface area contributed by atoms with Crippen LogP contribution in [-0.2, 0) is 13.0 Å². The van der Waals surface area contributed by atoms with Gasteiger partial charge >= 0.3 is 0 Å². The van der Waals surface area contributed by atoms with Crippen LogP contribution < -0.4 is 10.5 Å². The highest BCUT2D eigenvalue weighted by molar-refractivity contribution is 5.44. The summed E-state index contributed by atoms with van der Waals surface area (Å²) in [4.78, 5) is 0. The van der Waals surface area contributed by atoms with Gasteiger partial charge in [0.1, 0.15) is 12.4 Å². The van der Waals surface area contributed by atoms with Crippen molar-refractivity contribution in [3.8, 4) is 5.75 Å². The average Bonchev–Trinajstić information content (AvgIpc) is 2.45. The molecule has 20 heavy (non-hydrogen) atoms. The summed E-state index contributed by atoms with van der Waals surface area (Å²) in [5, 5.41) is 0. The molecule has 2 nitrogen and oxygen atoms in total. The summed E-state index contributed by atoms with van der Waals surface area (Å²) in [6.45, 7) is 7.61. The Morgan fingerprint density at radius 2 is 1.45 bits per heavy atom. The fourth-order valence-electron chi connectivity index (χ4n) is 2.27. The lowest BCUT2D eigenvalue weighted by Gasteiger charge is -2.14. The predicted octanol–water partition coefficient (Wildman–Crippen LogP) is 3.69. The molecule has 0 fully saturated rings. The molecule has 0 aliphatic carbocycles. The van der Waals surface area contributed by atoms with Gasteiger partial charge in [-0.05, 0) is 61.6 Å². The predicted molar refractivity (Wildman–Crippen MR) is 84.2 cm³/mol. The molecule has 0 heterocycles. The molecular weight excluding hydrogens is 246 g/mol. The maximum atomic E-state index is 6.01. The Morgan fingerprint density at radius 3 is 2.10 bits per heavy atom. The van der Waals surface area contributed by atoms with E-state index >= 15 is 0 Å². The van der Waals surface area contributed by atoms with Gasteiger partial charge < -0.3 is 10.5 Å². The van der Waals surface area contributed by atoms with Gasteiger partial charge in [-0.3, -0.25) is 0 Å². The van der Waals surface area contributed by atoms with Crippen LogP contribution in [0.1, 0.15) is 27.8 Å². The highest BCUT2D eigenvalue weighted by Crippen LogP contribution is 2.26. The maximum Gasteiger partial charge on any atom is 0.125 e. The Balaban J connectivity index is 2.07. The van der Waals surface area contributed by atoms with Crippen LogP contribution in [0, 0.1) is 20.8 Å². The maximum absolute atomic E-state index is 6.01. The minimum Gasteiger partial charge on any atom is -0.488 e. The van der Waals surface area contributed by atoms with Gasteiger partial charge in [-0.2, -0.15) is 0 Å². The summed E-state index contributed by atoms with van der Waals surface area (Å²) in [6, 6.07) is 12.7. The quantitative estimate of drug-likeness (QED) is 0.898. The number of aryl methyl sites for hydroxylation is 2. The lowest BCUT2D eigenvalue weighted by Crippen LogP contribution is -2.03. The molecular formula is C18H23NO. The van der Waals surface area contributed by atoms with E-state index in [2.05, 4.69) is 57.2 Å². The third-order valence-corrected chi connectivity index (χ3v) is 3.71. The topological polar surface area (TPSA) is 35.2 Å². The van der Waals surface area contributed by atoms with E-state index in [0.29, 0.717) is 13.2 Å². The lowest BCUT2D eigenvalue weighted by molar-refractivity contribution is 0.301. The number of hydrogen-bond donors (Lipinski definition) is 1. The second-order valence-corrected chi connectivity index (χ2v) is 5.30. The monoisotopic (exact) mass is 269 g/mol. The van der Waals surface area contributed by atoms with Crippen LogP contribution in [0.2, 0.25) is 0 Å². The van der Waals surface area contributed by atoms with E-state index in [0.717, 1.165) is 12.2 Å². The van der Waals surface area contributed by atoms with Gasteiger partial charge in [0.15, 0.2) is 0 Å². The number of ether oxygens (including phenoxy) is 1. The third-order valence-electron chi connectivity index (χ3n) is 3.71. The van der Waals surface area contributed by atoms with Gasteiger partial charge in [0.2, 0.25) is 0 Å². The van der Waals surface area contributed by atoms with Gasteiger partial charge in [-0.15, -0.1) is 0 Å². The Labute approximate surface area is 121 Å². The Morgan fingerprint density at radius 1 is 0.850 bits per heavy atom. The first-order chi connectivity index (χ1) is 9.61. The zero-order valence-electron chi connectivity index (χ0n) is 12.6. The van der Waals surface area contributed by atoms with Crippen LogP contribution in [0.3, 0.4) is 0 Å². The molecule has 0 unspecified atom stereocenters. The van der Waals surface area contributed by atoms with Crippen molar-refractivity contribution in [2.24, 2.45) is 5.73 Å². The zero-order valence-corrected chi connectivity index (χ0v) is 12.6. The minimum atomic E-state index is 0.605. The molecule has 2 aromatic rings. The summed E-state index contributed by atoms with van der Waals surface area (Å²) < 4.78 is 6.01. The minimum absolute atomic E-state index is 0.605. The van der Waals surface area contributed by atoms with Crippen LogP contribution >= 0.6 is 0 Å². The van der Waals surface area contributed by atoms with E-state index in [-0.39, 0.29) is 0 Å². The van der Waals surface area contributed by atoms with Crippen molar-refractivity contribution in [2.75, 3.05) is 6.54 Å². The van der Waals surface area contributed by atoms with Crippen LogP contribution in [0.15, 0.2) is 36.4 Å². The van der Waals surface area contributed by atoms with Crippen molar-refractivity contribution >= 4 is 0 Å². The molecule has 0 amide bonds. The molecule has 2 N–H and O–H groups in total. The summed E-state index contributed by atoms with van der Waals surface area (Å²) in [7, 11) is 0. The molecule has 2 rings (SSSR count). The van der Waals surface area contributed by atoms with Crippen molar-refractivity contribution in [3.05, 3.63) is 64.2 Å². The number of hydrogen-bond acceptors (Lipinski definition) is 2. The molecule has 0 radical (unpaired) electrons. The van der Waals surface area contributed by atoms with E-state index in [1.54, 1.807) is 0 Å². The summed E-state index contributed by atoms with van der Waals surface area (Å²) in [6.07, 6.45) is 0.928. The number of benzene rings is 2. The SMILES string of the molecule is Cc1ccc(C)c(OCc2ccc(CCN)cc2)c1C. The van der Waals surface area contributed by atoms with Crippen LogP contribution in [0.4, 0.5) is 0 Å². The van der Waals surface area contributed by atoms with Gasteiger partial charge in [-0.1, -0.05) is 36.4 Å². The van der Waals surface area contributed by atoms with E-state index in [1.165, 1.54) is 27.8 Å². The van der Waals surface area contributed by atoms with Gasteiger partial charge in [0.05, 0.1) is 0 Å². The molecule has 2 aromatic carbocycles. The zero-order chi connectivity index (χ0) is 14.5. The largest absolute Gasteiger partial charge is 0.488 e. The summed E-state index contributed by atoms with van der Waals surface area (Å²) >= 11 is 0. The molecule has 2 heteroatoms. The molecule has 0 saturated carbocycles. The van der Waals surface area contributed by atoms with Gasteiger partial charge in [-0.25, -0.2) is 0 Å². The van der Waals surface area contributed by atoms with Gasteiger partial charge in [0, 0.05) is 0 Å². The standard InChI is InChI=1S/C18H23NO/c1-13-4-5-14(2)18(15(13)3)20-12-17-8-6-16(7-9-17)10-11-19/h4-9H,10-12,19H2,1-3H3. The molecule has 0 spiro atoms. The van der Waals surface area contributed by atoms with Crippen LogP contribution in [0.5, 0.6) is 5.75 Å². The lowest BCUT2D eigenvalue weighted by atomic mass is 10.1. The highest BCUT2D eigenvalue weighted by Gasteiger charge is 2.06. The first-order valence-corrected chi connectivity index (χ1v) is 7.09. The fraction of sp³-hybridized carbons (Fsp3) is 0.333. The average molecular weight is 269 g/mol. The van der Waals surface area contributed by atoms with Crippen molar-refractivity contribution in [1.82, 2.24) is 0 Å². The van der Waals surface area contributed by atoms with E-state index in [9.17, 15) is 0 Å². The first kappa shape index (κ1) is 14.6. The molecule has 0 aliphatic heterocycles. The molecule has 0 aliphatic rings. The molecule has 0 atom stereocenters. The molecule has 0 bridgehead atoms. The molecule has 0 aromatic heterocycles. The fourth-order valence-corrected chi connectivity index (χ4v) is 2.27. The van der Waals surface area contributed by atoms with Crippen LogP contribution in [0.25, 0.3) is 0 Å².